The Kier molecular flexibility index (Phi) is 7.08. The second kappa shape index (κ2) is 9.53. The summed E-state index contributed by atoms with van der Waals surface area (Å²) in [5.41, 5.74) is 3.47. The summed E-state index contributed by atoms with van der Waals surface area (Å²) in [4.78, 5) is 0. The molecule has 1 heterocycles. The number of hydrogen-bond donors (Lipinski definition) is 2. The number of halogens is 1. The number of rotatable bonds is 5. The fourth-order valence-corrected chi connectivity index (χ4v) is 3.94. The molecule has 0 amide bonds. The number of fused-ring (bicyclic) bond motifs is 1. The molecule has 1 fully saturated rings. The summed E-state index contributed by atoms with van der Waals surface area (Å²) in [5.74, 6) is 0.384. The maximum absolute atomic E-state index is 9.73. The largest absolute Gasteiger partial charge is 0.389 e. The Hall–Kier alpha value is -1.91. The fourth-order valence-electron chi connectivity index (χ4n) is 3.94. The van der Waals surface area contributed by atoms with Gasteiger partial charge in [0.15, 0.2) is 0 Å². The topological polar surface area (TPSA) is 41.5 Å². The first kappa shape index (κ1) is 20.8. The van der Waals surface area contributed by atoms with Crippen molar-refractivity contribution in [2.45, 2.75) is 38.1 Å². The predicted octanol–water partition coefficient (Wildman–Crippen LogP) is 4.98. The van der Waals surface area contributed by atoms with Gasteiger partial charge in [-0.25, -0.2) is 0 Å². The minimum atomic E-state index is -0.424. The maximum atomic E-state index is 9.73. The molecule has 0 radical (unpaired) electrons. The van der Waals surface area contributed by atoms with E-state index < -0.39 is 6.10 Å². The van der Waals surface area contributed by atoms with E-state index in [1.54, 1.807) is 6.92 Å². The normalized spacial score (nSPS) is 20.5. The Bertz CT molecular complexity index is 895. The number of aliphatic hydroxyl groups excluding tert-OH is 1. The number of nitrogens with one attached hydrogen (secondary N) is 1. The SMILES string of the molecule is CC(O)c1ccc(C2CCNCC2OCc2ccc3ccccc3c2)cc1.Cl. The molecular formula is C24H28ClNO2. The first-order chi connectivity index (χ1) is 13.2. The molecule has 1 aliphatic heterocycles. The first-order valence-corrected chi connectivity index (χ1v) is 9.78. The maximum Gasteiger partial charge on any atom is 0.0772 e. The van der Waals surface area contributed by atoms with E-state index in [1.807, 2.05) is 12.1 Å². The fraction of sp³-hybridized carbons (Fsp3) is 0.333. The van der Waals surface area contributed by atoms with Crippen LogP contribution < -0.4 is 5.32 Å². The molecule has 3 nitrogen and oxygen atoms in total. The van der Waals surface area contributed by atoms with Crippen molar-refractivity contribution in [3.05, 3.63) is 83.4 Å². The average molecular weight is 398 g/mol. The Labute approximate surface area is 173 Å². The third-order valence-corrected chi connectivity index (χ3v) is 5.55. The Balaban J connectivity index is 0.00000225. The van der Waals surface area contributed by atoms with Crippen LogP contribution in [0.5, 0.6) is 0 Å². The van der Waals surface area contributed by atoms with Gasteiger partial charge < -0.3 is 15.2 Å². The molecule has 4 rings (SSSR count). The lowest BCUT2D eigenvalue weighted by atomic mass is 9.87. The number of hydrogen-bond acceptors (Lipinski definition) is 3. The van der Waals surface area contributed by atoms with E-state index in [1.165, 1.54) is 21.9 Å². The number of ether oxygens (including phenoxy) is 1. The zero-order valence-electron chi connectivity index (χ0n) is 16.2. The highest BCUT2D eigenvalue weighted by atomic mass is 35.5. The van der Waals surface area contributed by atoms with Crippen LogP contribution in [0.3, 0.4) is 0 Å². The van der Waals surface area contributed by atoms with Crippen LogP contribution in [-0.4, -0.2) is 24.3 Å². The Morgan fingerprint density at radius 2 is 1.79 bits per heavy atom. The Morgan fingerprint density at radius 3 is 2.54 bits per heavy atom. The second-order valence-corrected chi connectivity index (χ2v) is 7.47. The Morgan fingerprint density at radius 1 is 1.04 bits per heavy atom. The van der Waals surface area contributed by atoms with Gasteiger partial charge >= 0.3 is 0 Å². The lowest BCUT2D eigenvalue weighted by Crippen LogP contribution is -2.40. The number of benzene rings is 3. The van der Waals surface area contributed by atoms with Gasteiger partial charge in [-0.05, 0) is 53.4 Å². The highest BCUT2D eigenvalue weighted by Gasteiger charge is 2.27. The number of piperidine rings is 1. The lowest BCUT2D eigenvalue weighted by Gasteiger charge is -2.32. The van der Waals surface area contributed by atoms with E-state index in [-0.39, 0.29) is 18.5 Å². The summed E-state index contributed by atoms with van der Waals surface area (Å²) >= 11 is 0. The van der Waals surface area contributed by atoms with E-state index in [0.29, 0.717) is 12.5 Å². The molecular weight excluding hydrogens is 370 g/mol. The quantitative estimate of drug-likeness (QED) is 0.638. The van der Waals surface area contributed by atoms with Crippen molar-refractivity contribution >= 4 is 23.2 Å². The molecule has 0 aromatic heterocycles. The molecule has 3 unspecified atom stereocenters. The van der Waals surface area contributed by atoms with Crippen molar-refractivity contribution in [1.29, 1.82) is 0 Å². The minimum absolute atomic E-state index is 0. The molecule has 1 saturated heterocycles. The van der Waals surface area contributed by atoms with Gasteiger partial charge in [0, 0.05) is 12.5 Å². The van der Waals surface area contributed by atoms with Crippen molar-refractivity contribution in [2.75, 3.05) is 13.1 Å². The van der Waals surface area contributed by atoms with Crippen LogP contribution in [-0.2, 0) is 11.3 Å². The molecule has 1 aliphatic rings. The summed E-state index contributed by atoms with van der Waals surface area (Å²) in [6.45, 7) is 4.31. The van der Waals surface area contributed by atoms with Crippen molar-refractivity contribution < 1.29 is 9.84 Å². The zero-order valence-corrected chi connectivity index (χ0v) is 17.0. The van der Waals surface area contributed by atoms with Crippen LogP contribution in [0.2, 0.25) is 0 Å². The van der Waals surface area contributed by atoms with Crippen LogP contribution in [0.1, 0.15) is 42.1 Å². The van der Waals surface area contributed by atoms with Crippen molar-refractivity contribution in [3.8, 4) is 0 Å². The molecule has 0 aliphatic carbocycles. The van der Waals surface area contributed by atoms with Gasteiger partial charge in [0.2, 0.25) is 0 Å². The third kappa shape index (κ3) is 4.73. The molecule has 148 valence electrons. The number of aliphatic hydroxyl groups is 1. The molecule has 3 atom stereocenters. The molecule has 0 bridgehead atoms. The monoisotopic (exact) mass is 397 g/mol. The van der Waals surface area contributed by atoms with E-state index in [2.05, 4.69) is 59.9 Å². The minimum Gasteiger partial charge on any atom is -0.389 e. The van der Waals surface area contributed by atoms with Gasteiger partial charge in [-0.15, -0.1) is 12.4 Å². The molecule has 4 heteroatoms. The average Bonchev–Trinajstić information content (AvgIpc) is 2.72. The molecule has 0 spiro atoms. The first-order valence-electron chi connectivity index (χ1n) is 9.78. The van der Waals surface area contributed by atoms with Crippen LogP contribution in [0, 0.1) is 0 Å². The van der Waals surface area contributed by atoms with Crippen LogP contribution in [0.4, 0.5) is 0 Å². The molecule has 2 N–H and O–H groups in total. The van der Waals surface area contributed by atoms with Gasteiger partial charge in [0.05, 0.1) is 18.8 Å². The van der Waals surface area contributed by atoms with Crippen molar-refractivity contribution in [1.82, 2.24) is 5.32 Å². The van der Waals surface area contributed by atoms with Gasteiger partial charge in [0.25, 0.3) is 0 Å². The molecule has 3 aromatic rings. The van der Waals surface area contributed by atoms with E-state index >= 15 is 0 Å². The van der Waals surface area contributed by atoms with Crippen LogP contribution in [0.15, 0.2) is 66.7 Å². The second-order valence-electron chi connectivity index (χ2n) is 7.47. The van der Waals surface area contributed by atoms with Gasteiger partial charge in [-0.3, -0.25) is 0 Å². The summed E-state index contributed by atoms with van der Waals surface area (Å²) in [6, 6.07) is 23.3. The summed E-state index contributed by atoms with van der Waals surface area (Å²) in [7, 11) is 0. The van der Waals surface area contributed by atoms with Crippen molar-refractivity contribution in [3.63, 3.8) is 0 Å². The van der Waals surface area contributed by atoms with Crippen LogP contribution >= 0.6 is 12.4 Å². The van der Waals surface area contributed by atoms with Crippen LogP contribution in [0.25, 0.3) is 10.8 Å². The highest BCUT2D eigenvalue weighted by molar-refractivity contribution is 5.85. The van der Waals surface area contributed by atoms with Crippen molar-refractivity contribution in [2.24, 2.45) is 0 Å². The summed E-state index contributed by atoms with van der Waals surface area (Å²) in [6.07, 6.45) is 0.797. The van der Waals surface area contributed by atoms with Gasteiger partial charge in [-0.1, -0.05) is 60.7 Å². The summed E-state index contributed by atoms with van der Waals surface area (Å²) < 4.78 is 6.35. The molecule has 3 aromatic carbocycles. The van der Waals surface area contributed by atoms with Gasteiger partial charge in [0.1, 0.15) is 0 Å². The molecule has 28 heavy (non-hydrogen) atoms. The molecule has 0 saturated carbocycles. The highest BCUT2D eigenvalue weighted by Crippen LogP contribution is 2.29. The van der Waals surface area contributed by atoms with E-state index in [4.69, 9.17) is 4.74 Å². The van der Waals surface area contributed by atoms with Gasteiger partial charge in [-0.2, -0.15) is 0 Å². The summed E-state index contributed by atoms with van der Waals surface area (Å²) in [5, 5.41) is 15.7. The third-order valence-electron chi connectivity index (χ3n) is 5.55. The predicted molar refractivity (Wildman–Crippen MR) is 117 cm³/mol. The van der Waals surface area contributed by atoms with E-state index in [9.17, 15) is 5.11 Å². The lowest BCUT2D eigenvalue weighted by molar-refractivity contribution is 0.0106. The standard InChI is InChI=1S/C24H27NO2.ClH/c1-17(26)19-8-10-21(11-9-19)23-12-13-25-15-24(23)27-16-18-6-7-20-4-2-3-5-22(20)14-18;/h2-11,14,17,23-26H,12-13,15-16H2,1H3;1H. The smallest absolute Gasteiger partial charge is 0.0772 e. The van der Waals surface area contributed by atoms with E-state index in [0.717, 1.165) is 25.1 Å². The zero-order chi connectivity index (χ0) is 18.6.